The van der Waals surface area contributed by atoms with E-state index in [-0.39, 0.29) is 0 Å². The smallest absolute Gasteiger partial charge is 0.0732 e. The van der Waals surface area contributed by atoms with Crippen molar-refractivity contribution in [2.45, 2.75) is 12.5 Å². The molecule has 0 radical (unpaired) electrons. The van der Waals surface area contributed by atoms with E-state index in [0.717, 1.165) is 6.42 Å². The molecule has 1 aliphatic carbocycles. The van der Waals surface area contributed by atoms with Gasteiger partial charge in [-0.1, -0.05) is 48.6 Å². The highest BCUT2D eigenvalue weighted by Crippen LogP contribution is 2.47. The first kappa shape index (κ1) is 12.1. The van der Waals surface area contributed by atoms with Gasteiger partial charge < -0.3 is 9.47 Å². The molecule has 1 aliphatic heterocycles. The fraction of sp³-hybridized carbons (Fsp3) is 0.200. The van der Waals surface area contributed by atoms with Gasteiger partial charge in [-0.05, 0) is 18.1 Å². The molecule has 108 valence electrons. The number of aryl methyl sites for hydroxylation is 1. The summed E-state index contributed by atoms with van der Waals surface area (Å²) in [7, 11) is 4.42. The van der Waals surface area contributed by atoms with E-state index in [1.54, 1.807) is 0 Å². The van der Waals surface area contributed by atoms with E-state index in [0.29, 0.717) is 6.04 Å². The Morgan fingerprint density at radius 2 is 1.86 bits per heavy atom. The maximum absolute atomic E-state index is 2.46. The van der Waals surface area contributed by atoms with Crippen molar-refractivity contribution in [2.24, 2.45) is 7.05 Å². The quantitative estimate of drug-likeness (QED) is 0.591. The van der Waals surface area contributed by atoms with Gasteiger partial charge in [0, 0.05) is 35.9 Å². The van der Waals surface area contributed by atoms with Gasteiger partial charge in [-0.2, -0.15) is 0 Å². The Morgan fingerprint density at radius 1 is 1.00 bits per heavy atom. The normalized spacial score (nSPS) is 19.6. The number of rotatable bonds is 0. The second kappa shape index (κ2) is 4.04. The monoisotopic (exact) mass is 286 g/mol. The van der Waals surface area contributed by atoms with Gasteiger partial charge >= 0.3 is 0 Å². The Balaban J connectivity index is 1.95. The highest BCUT2D eigenvalue weighted by Gasteiger charge is 2.34. The van der Waals surface area contributed by atoms with Crippen molar-refractivity contribution in [3.8, 4) is 0 Å². The Bertz CT molecular complexity index is 988. The molecule has 0 saturated heterocycles. The first-order valence-electron chi connectivity index (χ1n) is 7.87. The molecule has 22 heavy (non-hydrogen) atoms. The summed E-state index contributed by atoms with van der Waals surface area (Å²) in [5.41, 5.74) is 6.91. The molecule has 2 aliphatic rings. The third kappa shape index (κ3) is 1.31. The van der Waals surface area contributed by atoms with E-state index in [9.17, 15) is 0 Å². The molecule has 2 nitrogen and oxygen atoms in total. The van der Waals surface area contributed by atoms with Crippen LogP contribution in [0, 0.1) is 0 Å². The van der Waals surface area contributed by atoms with Gasteiger partial charge in [0.2, 0.25) is 0 Å². The SMILES string of the molecule is CN1c2c(ccc3c4ccccc4n(C)c23)C2=CC=CCC21. The molecule has 1 aromatic heterocycles. The molecule has 0 bridgehead atoms. The average molecular weight is 286 g/mol. The van der Waals surface area contributed by atoms with Crippen LogP contribution in [-0.2, 0) is 7.05 Å². The summed E-state index contributed by atoms with van der Waals surface area (Å²) in [5, 5.41) is 2.70. The number of fused-ring (bicyclic) bond motifs is 7. The number of para-hydroxylation sites is 1. The van der Waals surface area contributed by atoms with Crippen LogP contribution in [0.5, 0.6) is 0 Å². The molecule has 3 aromatic rings. The molecule has 2 heteroatoms. The van der Waals surface area contributed by atoms with E-state index in [1.165, 1.54) is 38.6 Å². The molecule has 2 aromatic carbocycles. The van der Waals surface area contributed by atoms with Crippen molar-refractivity contribution < 1.29 is 0 Å². The topological polar surface area (TPSA) is 8.17 Å². The number of nitrogens with zero attached hydrogens (tertiary/aromatic N) is 2. The van der Waals surface area contributed by atoms with Gasteiger partial charge in [-0.15, -0.1) is 0 Å². The first-order valence-corrected chi connectivity index (χ1v) is 7.87. The fourth-order valence-electron chi connectivity index (χ4n) is 4.25. The minimum atomic E-state index is 0.489. The van der Waals surface area contributed by atoms with Crippen LogP contribution in [0.15, 0.2) is 54.6 Å². The van der Waals surface area contributed by atoms with E-state index in [1.807, 2.05) is 0 Å². The number of anilines is 1. The molecule has 0 fully saturated rings. The summed E-state index contributed by atoms with van der Waals surface area (Å²) < 4.78 is 2.35. The molecular formula is C20H18N2. The van der Waals surface area contributed by atoms with Crippen molar-refractivity contribution in [3.63, 3.8) is 0 Å². The molecule has 1 atom stereocenters. The summed E-state index contributed by atoms with van der Waals surface area (Å²) in [4.78, 5) is 2.46. The van der Waals surface area contributed by atoms with Crippen molar-refractivity contribution in [1.29, 1.82) is 0 Å². The zero-order valence-corrected chi connectivity index (χ0v) is 12.9. The van der Waals surface area contributed by atoms with E-state index >= 15 is 0 Å². The minimum absolute atomic E-state index is 0.489. The van der Waals surface area contributed by atoms with Gasteiger partial charge in [0.25, 0.3) is 0 Å². The number of hydrogen-bond acceptors (Lipinski definition) is 1. The molecule has 5 rings (SSSR count). The first-order chi connectivity index (χ1) is 10.8. The van der Waals surface area contributed by atoms with Crippen LogP contribution in [0.2, 0.25) is 0 Å². The summed E-state index contributed by atoms with van der Waals surface area (Å²) in [5.74, 6) is 0. The lowest BCUT2D eigenvalue weighted by atomic mass is 9.95. The van der Waals surface area contributed by atoms with Gasteiger partial charge in [0.15, 0.2) is 0 Å². The summed E-state index contributed by atoms with van der Waals surface area (Å²) in [6.45, 7) is 0. The maximum Gasteiger partial charge on any atom is 0.0732 e. The number of hydrogen-bond donors (Lipinski definition) is 0. The standard InChI is InChI=1S/C20H18N2/c1-21-17-9-5-3-7-13(17)15-11-12-16-14-8-4-6-10-18(14)22(2)20(16)19(15)21/h3-9,11-12,18H,10H2,1-2H3. The van der Waals surface area contributed by atoms with Gasteiger partial charge in [-0.3, -0.25) is 0 Å². The van der Waals surface area contributed by atoms with Crippen LogP contribution in [-0.4, -0.2) is 17.7 Å². The third-order valence-electron chi connectivity index (χ3n) is 5.30. The van der Waals surface area contributed by atoms with Gasteiger partial charge in [0.1, 0.15) is 0 Å². The Morgan fingerprint density at radius 3 is 2.77 bits per heavy atom. The highest BCUT2D eigenvalue weighted by atomic mass is 15.2. The lowest BCUT2D eigenvalue weighted by molar-refractivity contribution is 0.796. The van der Waals surface area contributed by atoms with E-state index in [4.69, 9.17) is 0 Å². The van der Waals surface area contributed by atoms with Crippen LogP contribution in [0.25, 0.3) is 27.4 Å². The second-order valence-corrected chi connectivity index (χ2v) is 6.35. The molecule has 0 spiro atoms. The van der Waals surface area contributed by atoms with Crippen molar-refractivity contribution >= 4 is 33.1 Å². The molecule has 0 amide bonds. The van der Waals surface area contributed by atoms with Crippen molar-refractivity contribution in [2.75, 3.05) is 11.9 Å². The van der Waals surface area contributed by atoms with Crippen molar-refractivity contribution in [3.05, 3.63) is 60.2 Å². The largest absolute Gasteiger partial charge is 0.365 e. The molecular weight excluding hydrogens is 268 g/mol. The Hall–Kier alpha value is -2.48. The van der Waals surface area contributed by atoms with Crippen LogP contribution in [0.1, 0.15) is 12.0 Å². The lowest BCUT2D eigenvalue weighted by Gasteiger charge is -2.24. The van der Waals surface area contributed by atoms with Crippen LogP contribution in [0.4, 0.5) is 5.69 Å². The van der Waals surface area contributed by atoms with E-state index in [2.05, 4.69) is 78.2 Å². The zero-order chi connectivity index (χ0) is 14.8. The third-order valence-corrected chi connectivity index (χ3v) is 5.30. The van der Waals surface area contributed by atoms with Crippen LogP contribution in [0.3, 0.4) is 0 Å². The molecule has 0 N–H and O–H groups in total. The lowest BCUT2D eigenvalue weighted by Crippen LogP contribution is -2.27. The predicted octanol–water partition coefficient (Wildman–Crippen LogP) is 4.49. The number of allylic oxidation sites excluding steroid dienone is 2. The van der Waals surface area contributed by atoms with Gasteiger partial charge in [0.05, 0.1) is 17.2 Å². The predicted molar refractivity (Wildman–Crippen MR) is 94.4 cm³/mol. The van der Waals surface area contributed by atoms with E-state index < -0.39 is 0 Å². The number of benzene rings is 2. The minimum Gasteiger partial charge on any atom is -0.365 e. The summed E-state index contributed by atoms with van der Waals surface area (Å²) in [6, 6.07) is 13.8. The van der Waals surface area contributed by atoms with Gasteiger partial charge in [-0.25, -0.2) is 0 Å². The maximum atomic E-state index is 2.46. The second-order valence-electron chi connectivity index (χ2n) is 6.35. The number of aromatic nitrogens is 1. The Kier molecular flexibility index (Phi) is 2.22. The highest BCUT2D eigenvalue weighted by molar-refractivity contribution is 6.15. The average Bonchev–Trinajstić information content (AvgIpc) is 3.02. The summed E-state index contributed by atoms with van der Waals surface area (Å²) >= 11 is 0. The molecule has 2 heterocycles. The fourth-order valence-corrected chi connectivity index (χ4v) is 4.25. The summed E-state index contributed by atoms with van der Waals surface area (Å²) in [6.07, 6.45) is 7.85. The zero-order valence-electron chi connectivity index (χ0n) is 12.9. The van der Waals surface area contributed by atoms with Crippen molar-refractivity contribution in [1.82, 2.24) is 4.57 Å². The molecule has 1 unspecified atom stereocenters. The van der Waals surface area contributed by atoms with Crippen LogP contribution < -0.4 is 4.90 Å². The molecule has 0 saturated carbocycles. The Labute approximate surface area is 130 Å². The number of likely N-dealkylation sites (N-methyl/N-ethyl adjacent to an activating group) is 1. The van der Waals surface area contributed by atoms with Crippen LogP contribution >= 0.6 is 0 Å².